The molecule has 1 fully saturated rings. The number of fused-ring (bicyclic) bond motifs is 1. The standard InChI is InChI=1S/C32H36F3N5O9S/c1-16(2)24(26(41)29-36-21-15-19(31(45)48-5)10-13-23(21)49-29)37-28(43)22-7-6-14-40(22)30(44)25(17(3)4)38-27(42)18-8-11-20(12-9-18)39-50(46,47)32(33,34)35/h8-13,15-17,22,24-25,39H,6-7,14H2,1-5H3,(H,37,43)(H,38,42)/t22-,24-,25-/m0/s1. The van der Waals surface area contributed by atoms with Crippen molar-refractivity contribution in [1.29, 1.82) is 0 Å². The van der Waals surface area contributed by atoms with Crippen molar-refractivity contribution in [2.45, 2.75) is 64.2 Å². The van der Waals surface area contributed by atoms with Crippen molar-refractivity contribution in [2.24, 2.45) is 11.8 Å². The SMILES string of the molecule is COC(=O)c1ccc2oc(C(=O)[C@@H](NC(=O)[C@@H]3CCCN3C(=O)[C@@H](NC(=O)c3ccc(NS(=O)(=O)C(F)(F)F)cc3)C(C)C)C(C)C)nc2c1. The maximum atomic E-state index is 13.8. The number of halogens is 3. The largest absolute Gasteiger partial charge is 0.516 e. The zero-order valence-corrected chi connectivity index (χ0v) is 28.5. The lowest BCUT2D eigenvalue weighted by Crippen LogP contribution is -2.57. The first-order chi connectivity index (χ1) is 23.3. The van der Waals surface area contributed by atoms with Gasteiger partial charge < -0.3 is 24.7 Å². The molecule has 18 heteroatoms. The van der Waals surface area contributed by atoms with Crippen LogP contribution in [0.3, 0.4) is 0 Å². The number of ketones is 1. The van der Waals surface area contributed by atoms with Crippen molar-refractivity contribution in [3.05, 3.63) is 59.5 Å². The molecule has 3 N–H and O–H groups in total. The fraction of sp³-hybridized carbons (Fsp3) is 0.438. The predicted octanol–water partition coefficient (Wildman–Crippen LogP) is 3.65. The van der Waals surface area contributed by atoms with E-state index in [0.717, 1.165) is 24.3 Å². The first kappa shape index (κ1) is 37.8. The molecule has 50 heavy (non-hydrogen) atoms. The maximum absolute atomic E-state index is 13.8. The van der Waals surface area contributed by atoms with Gasteiger partial charge in [-0.05, 0) is 67.1 Å². The van der Waals surface area contributed by atoms with Crippen LogP contribution in [0.25, 0.3) is 11.1 Å². The van der Waals surface area contributed by atoms with Crippen molar-refractivity contribution < 1.29 is 54.7 Å². The second-order valence-corrected chi connectivity index (χ2v) is 14.0. The lowest BCUT2D eigenvalue weighted by molar-refractivity contribution is -0.140. The van der Waals surface area contributed by atoms with Crippen LogP contribution >= 0.6 is 0 Å². The number of sulfonamides is 1. The molecule has 3 amide bonds. The number of carbonyl (C=O) groups is 5. The minimum atomic E-state index is -5.66. The van der Waals surface area contributed by atoms with Crippen molar-refractivity contribution >= 4 is 56.3 Å². The number of likely N-dealkylation sites (tertiary alicyclic amines) is 1. The molecule has 0 spiro atoms. The van der Waals surface area contributed by atoms with Crippen molar-refractivity contribution in [3.63, 3.8) is 0 Å². The number of benzene rings is 2. The van der Waals surface area contributed by atoms with Gasteiger partial charge in [0.15, 0.2) is 5.58 Å². The number of esters is 1. The molecule has 1 saturated heterocycles. The highest BCUT2D eigenvalue weighted by Crippen LogP contribution is 2.26. The van der Waals surface area contributed by atoms with Crippen LogP contribution in [0.2, 0.25) is 0 Å². The molecule has 0 radical (unpaired) electrons. The molecule has 3 aromatic rings. The number of alkyl halides is 3. The molecule has 1 aromatic heterocycles. The highest BCUT2D eigenvalue weighted by atomic mass is 32.2. The summed E-state index contributed by atoms with van der Waals surface area (Å²) in [5.41, 5.74) is -5.34. The summed E-state index contributed by atoms with van der Waals surface area (Å²) in [6.07, 6.45) is 0.746. The average molecular weight is 724 g/mol. The Morgan fingerprint density at radius 1 is 0.940 bits per heavy atom. The van der Waals surface area contributed by atoms with Crippen LogP contribution < -0.4 is 15.4 Å². The number of nitrogens with one attached hydrogen (secondary N) is 3. The van der Waals surface area contributed by atoms with Gasteiger partial charge in [0.25, 0.3) is 11.8 Å². The molecule has 4 rings (SSSR count). The molecule has 1 aliphatic rings. The third-order valence-electron chi connectivity index (χ3n) is 8.03. The van der Waals surface area contributed by atoms with E-state index < -0.39 is 80.7 Å². The van der Waals surface area contributed by atoms with Gasteiger partial charge in [-0.2, -0.15) is 21.6 Å². The van der Waals surface area contributed by atoms with Gasteiger partial charge in [0.05, 0.1) is 18.7 Å². The van der Waals surface area contributed by atoms with Gasteiger partial charge in [-0.25, -0.2) is 9.78 Å². The monoisotopic (exact) mass is 723 g/mol. The molecule has 0 aliphatic carbocycles. The van der Waals surface area contributed by atoms with Gasteiger partial charge in [-0.3, -0.25) is 23.9 Å². The van der Waals surface area contributed by atoms with Gasteiger partial charge in [-0.1, -0.05) is 27.7 Å². The van der Waals surface area contributed by atoms with E-state index in [1.54, 1.807) is 27.7 Å². The Balaban J connectivity index is 1.46. The third-order valence-corrected chi connectivity index (χ3v) is 9.14. The Morgan fingerprint density at radius 3 is 2.14 bits per heavy atom. The number of carbonyl (C=O) groups excluding carboxylic acids is 5. The van der Waals surface area contributed by atoms with Gasteiger partial charge in [-0.15, -0.1) is 0 Å². The number of ether oxygens (including phenoxy) is 1. The van der Waals surface area contributed by atoms with Crippen LogP contribution in [-0.2, 0) is 24.3 Å². The zero-order chi connectivity index (χ0) is 37.1. The lowest BCUT2D eigenvalue weighted by atomic mass is 9.98. The predicted molar refractivity (Wildman–Crippen MR) is 172 cm³/mol. The number of oxazole rings is 1. The number of anilines is 1. The molecule has 2 aromatic carbocycles. The molecular formula is C32H36F3N5O9S. The van der Waals surface area contributed by atoms with Gasteiger partial charge >= 0.3 is 21.5 Å². The van der Waals surface area contributed by atoms with Crippen LogP contribution in [0.5, 0.6) is 0 Å². The Bertz CT molecular complexity index is 1890. The molecular weight excluding hydrogens is 687 g/mol. The Kier molecular flexibility index (Phi) is 11.2. The van der Waals surface area contributed by atoms with Gasteiger partial charge in [0.2, 0.25) is 17.6 Å². The number of rotatable bonds is 12. The highest BCUT2D eigenvalue weighted by Gasteiger charge is 2.46. The van der Waals surface area contributed by atoms with E-state index in [4.69, 9.17) is 9.15 Å². The second-order valence-electron chi connectivity index (χ2n) is 12.3. The first-order valence-electron chi connectivity index (χ1n) is 15.5. The van der Waals surface area contributed by atoms with E-state index in [-0.39, 0.29) is 41.1 Å². The molecule has 2 heterocycles. The van der Waals surface area contributed by atoms with Crippen LogP contribution in [0.4, 0.5) is 18.9 Å². The molecule has 270 valence electrons. The van der Waals surface area contributed by atoms with Gasteiger partial charge in [0, 0.05) is 17.8 Å². The van der Waals surface area contributed by atoms with Crippen molar-refractivity contribution in [2.75, 3.05) is 18.4 Å². The quantitative estimate of drug-likeness (QED) is 0.184. The van der Waals surface area contributed by atoms with E-state index >= 15 is 0 Å². The summed E-state index contributed by atoms with van der Waals surface area (Å²) in [6, 6.07) is 5.29. The number of methoxy groups -OCH3 is 1. The number of hydrogen-bond donors (Lipinski definition) is 3. The van der Waals surface area contributed by atoms with Crippen molar-refractivity contribution in [3.8, 4) is 0 Å². The fourth-order valence-corrected chi connectivity index (χ4v) is 5.88. The molecule has 1 aliphatic heterocycles. The van der Waals surface area contributed by atoms with E-state index in [9.17, 15) is 45.6 Å². The molecule has 3 atom stereocenters. The minimum absolute atomic E-state index is 0.0619. The van der Waals surface area contributed by atoms with Crippen LogP contribution in [0.1, 0.15) is 71.9 Å². The first-order valence-corrected chi connectivity index (χ1v) is 17.0. The average Bonchev–Trinajstić information content (AvgIpc) is 3.72. The number of Topliss-reactive ketones (excluding diaryl/α,β-unsaturated/α-hetero) is 1. The molecule has 0 saturated carbocycles. The highest BCUT2D eigenvalue weighted by molar-refractivity contribution is 7.93. The van der Waals surface area contributed by atoms with Crippen LogP contribution in [0, 0.1) is 11.8 Å². The van der Waals surface area contributed by atoms with Crippen molar-refractivity contribution in [1.82, 2.24) is 20.5 Å². The topological polar surface area (TPSA) is 194 Å². The molecule has 0 bridgehead atoms. The summed E-state index contributed by atoms with van der Waals surface area (Å²) in [5, 5.41) is 5.33. The number of nitrogens with zero attached hydrogens (tertiary/aromatic N) is 2. The number of hydrogen-bond acceptors (Lipinski definition) is 10. The van der Waals surface area contributed by atoms with E-state index in [1.165, 1.54) is 34.9 Å². The Hall–Kier alpha value is -5.00. The Labute approximate surface area is 285 Å². The zero-order valence-electron chi connectivity index (χ0n) is 27.7. The van der Waals surface area contributed by atoms with E-state index in [0.29, 0.717) is 6.42 Å². The molecule has 14 nitrogen and oxygen atoms in total. The summed E-state index contributed by atoms with van der Waals surface area (Å²) in [4.78, 5) is 71.4. The minimum Gasteiger partial charge on any atom is -0.465 e. The van der Waals surface area contributed by atoms with E-state index in [2.05, 4.69) is 15.6 Å². The summed E-state index contributed by atoms with van der Waals surface area (Å²) in [5.74, 6) is -4.30. The lowest BCUT2D eigenvalue weighted by Gasteiger charge is -2.31. The van der Waals surface area contributed by atoms with E-state index in [1.807, 2.05) is 0 Å². The third kappa shape index (κ3) is 8.23. The fourth-order valence-electron chi connectivity index (χ4n) is 5.32. The number of amides is 3. The smallest absolute Gasteiger partial charge is 0.465 e. The summed E-state index contributed by atoms with van der Waals surface area (Å²) in [7, 11) is -4.44. The molecule has 0 unspecified atom stereocenters. The second kappa shape index (κ2) is 14.9. The Morgan fingerprint density at radius 2 is 1.56 bits per heavy atom. The summed E-state index contributed by atoms with van der Waals surface area (Å²) in [6.45, 7) is 6.95. The summed E-state index contributed by atoms with van der Waals surface area (Å²) < 4.78 is 72.6. The van der Waals surface area contributed by atoms with Gasteiger partial charge in [0.1, 0.15) is 17.6 Å². The number of aromatic nitrogens is 1. The summed E-state index contributed by atoms with van der Waals surface area (Å²) >= 11 is 0. The van der Waals surface area contributed by atoms with Crippen LogP contribution in [-0.4, -0.2) is 85.1 Å². The van der Waals surface area contributed by atoms with Crippen LogP contribution in [0.15, 0.2) is 46.9 Å². The maximum Gasteiger partial charge on any atom is 0.516 e. The normalized spacial score (nSPS) is 16.3.